The molecular weight excluding hydrogens is 512 g/mol. The van der Waals surface area contributed by atoms with Gasteiger partial charge in [-0.25, -0.2) is 14.6 Å². The predicted molar refractivity (Wildman–Crippen MR) is 149 cm³/mol. The molecule has 0 saturated heterocycles. The summed E-state index contributed by atoms with van der Waals surface area (Å²) >= 11 is 0. The van der Waals surface area contributed by atoms with Gasteiger partial charge in [0.05, 0.1) is 42.0 Å². The number of hydrogen-bond donors (Lipinski definition) is 1. The zero-order chi connectivity index (χ0) is 28.6. The number of esters is 2. The molecular formula is C30H30N4O6. The molecule has 1 atom stereocenters. The lowest BCUT2D eigenvalue weighted by Gasteiger charge is -2.30. The van der Waals surface area contributed by atoms with Crippen LogP contribution in [-0.4, -0.2) is 40.1 Å². The predicted octanol–water partition coefficient (Wildman–Crippen LogP) is 4.89. The first-order valence-electron chi connectivity index (χ1n) is 12.7. The van der Waals surface area contributed by atoms with Gasteiger partial charge < -0.3 is 19.4 Å². The number of carbonyl (C=O) groups excluding carboxylic acids is 2. The summed E-state index contributed by atoms with van der Waals surface area (Å²) in [5, 5.41) is 14.5. The van der Waals surface area contributed by atoms with Crippen molar-refractivity contribution < 1.29 is 24.0 Å². The highest BCUT2D eigenvalue weighted by Crippen LogP contribution is 2.40. The van der Waals surface area contributed by atoms with Crippen LogP contribution in [0.5, 0.6) is 0 Å². The molecule has 3 aromatic rings. The molecule has 10 nitrogen and oxygen atoms in total. The van der Waals surface area contributed by atoms with E-state index in [9.17, 15) is 19.7 Å². The molecule has 2 heterocycles. The van der Waals surface area contributed by atoms with Gasteiger partial charge in [0, 0.05) is 42.5 Å². The second-order valence-corrected chi connectivity index (χ2v) is 9.28. The first-order valence-corrected chi connectivity index (χ1v) is 12.7. The maximum atomic E-state index is 13.3. The molecule has 0 fully saturated rings. The number of nitro groups is 1. The fourth-order valence-electron chi connectivity index (χ4n) is 4.64. The number of hydrogen-bond acceptors (Lipinski definition) is 8. The summed E-state index contributed by atoms with van der Waals surface area (Å²) < 4.78 is 12.6. The first kappa shape index (κ1) is 28.0. The Morgan fingerprint density at radius 1 is 1.10 bits per heavy atom. The minimum atomic E-state index is -0.891. The standard InChI is InChI=1S/C30H30N4O6/c1-20-26(29(35)39-3)28(24-8-6-9-25(17-24)34(37)38)27(21(2)32-20)30(36)40-16-5-4-7-22-10-12-23(13-11-22)18-33-15-14-31-19-33/h4,6-15,17,19,28,32H,5,16,18H2,1-3H3/b7-4+. The normalized spacial score (nSPS) is 15.2. The smallest absolute Gasteiger partial charge is 0.336 e. The van der Waals surface area contributed by atoms with Crippen LogP contribution < -0.4 is 5.32 Å². The molecule has 1 N–H and O–H groups in total. The van der Waals surface area contributed by atoms with Gasteiger partial charge in [0.15, 0.2) is 0 Å². The summed E-state index contributed by atoms with van der Waals surface area (Å²) in [5.74, 6) is -2.15. The monoisotopic (exact) mass is 542 g/mol. The van der Waals surface area contributed by atoms with E-state index in [4.69, 9.17) is 9.47 Å². The SMILES string of the molecule is COC(=O)C1=C(C)NC(C)=C(C(=O)OCC/C=C/c2ccc(Cn3ccnc3)cc2)C1c1cccc([N+](=O)[O-])c1. The highest BCUT2D eigenvalue weighted by Gasteiger charge is 2.38. The molecule has 2 aromatic carbocycles. The number of allylic oxidation sites excluding steroid dienone is 2. The van der Waals surface area contributed by atoms with Crippen molar-refractivity contribution in [3.8, 4) is 0 Å². The largest absolute Gasteiger partial charge is 0.466 e. The third kappa shape index (κ3) is 6.52. The minimum Gasteiger partial charge on any atom is -0.466 e. The van der Waals surface area contributed by atoms with Gasteiger partial charge in [-0.15, -0.1) is 0 Å². The highest BCUT2D eigenvalue weighted by atomic mass is 16.6. The number of ether oxygens (including phenoxy) is 2. The van der Waals surface area contributed by atoms with Crippen LogP contribution in [0.3, 0.4) is 0 Å². The van der Waals surface area contributed by atoms with Crippen LogP contribution in [0.1, 0.15) is 42.9 Å². The number of nitrogens with zero attached hydrogens (tertiary/aromatic N) is 3. The summed E-state index contributed by atoms with van der Waals surface area (Å²) in [4.78, 5) is 41.0. The Bertz CT molecular complexity index is 1490. The zero-order valence-corrected chi connectivity index (χ0v) is 22.5. The summed E-state index contributed by atoms with van der Waals surface area (Å²) in [7, 11) is 1.25. The van der Waals surface area contributed by atoms with Crippen LogP contribution in [-0.2, 0) is 25.6 Å². The van der Waals surface area contributed by atoms with E-state index in [0.29, 0.717) is 23.4 Å². The summed E-state index contributed by atoms with van der Waals surface area (Å²) in [5.41, 5.74) is 3.82. The number of carbonyl (C=O) groups is 2. The lowest BCUT2D eigenvalue weighted by atomic mass is 9.80. The number of methoxy groups -OCH3 is 1. The Hall–Kier alpha value is -4.99. The quantitative estimate of drug-likeness (QED) is 0.166. The third-order valence-electron chi connectivity index (χ3n) is 6.53. The minimum absolute atomic E-state index is 0.114. The topological polar surface area (TPSA) is 126 Å². The Kier molecular flexibility index (Phi) is 8.90. The van der Waals surface area contributed by atoms with E-state index in [1.807, 2.05) is 47.2 Å². The van der Waals surface area contributed by atoms with Crippen LogP contribution in [0.25, 0.3) is 6.08 Å². The van der Waals surface area contributed by atoms with E-state index in [-0.39, 0.29) is 23.4 Å². The van der Waals surface area contributed by atoms with Gasteiger partial charge in [0.1, 0.15) is 0 Å². The molecule has 0 saturated carbocycles. The molecule has 0 radical (unpaired) electrons. The first-order chi connectivity index (χ1) is 19.3. The van der Waals surface area contributed by atoms with Crippen molar-refractivity contribution in [2.45, 2.75) is 32.7 Å². The highest BCUT2D eigenvalue weighted by molar-refractivity contribution is 5.99. The average Bonchev–Trinajstić information content (AvgIpc) is 3.46. The summed E-state index contributed by atoms with van der Waals surface area (Å²) in [6.07, 6.45) is 9.78. The maximum absolute atomic E-state index is 13.3. The number of dihydropyridines is 1. The molecule has 1 aliphatic rings. The van der Waals surface area contributed by atoms with Crippen molar-refractivity contribution in [1.82, 2.24) is 14.9 Å². The molecule has 0 amide bonds. The molecule has 1 aromatic heterocycles. The van der Waals surface area contributed by atoms with E-state index in [1.54, 1.807) is 32.4 Å². The number of nitro benzene ring substituents is 1. The molecule has 1 unspecified atom stereocenters. The van der Waals surface area contributed by atoms with Crippen molar-refractivity contribution in [2.75, 3.05) is 13.7 Å². The Labute approximate surface area is 231 Å². The Balaban J connectivity index is 1.45. The van der Waals surface area contributed by atoms with E-state index < -0.39 is 22.8 Å². The third-order valence-corrected chi connectivity index (χ3v) is 6.53. The van der Waals surface area contributed by atoms with Crippen molar-refractivity contribution in [1.29, 1.82) is 0 Å². The Morgan fingerprint density at radius 3 is 2.48 bits per heavy atom. The molecule has 4 rings (SSSR count). The molecule has 10 heteroatoms. The maximum Gasteiger partial charge on any atom is 0.336 e. The molecule has 0 bridgehead atoms. The van der Waals surface area contributed by atoms with Gasteiger partial charge in [-0.3, -0.25) is 10.1 Å². The summed E-state index contributed by atoms with van der Waals surface area (Å²) in [6, 6.07) is 14.0. The van der Waals surface area contributed by atoms with Crippen molar-refractivity contribution >= 4 is 23.7 Å². The fourth-order valence-corrected chi connectivity index (χ4v) is 4.64. The fraction of sp³-hybridized carbons (Fsp3) is 0.233. The number of aromatic nitrogens is 2. The molecule has 0 aliphatic carbocycles. The van der Waals surface area contributed by atoms with Crippen LogP contribution in [0, 0.1) is 10.1 Å². The lowest BCUT2D eigenvalue weighted by molar-refractivity contribution is -0.384. The molecule has 206 valence electrons. The van der Waals surface area contributed by atoms with Crippen molar-refractivity contribution in [3.05, 3.63) is 123 Å². The van der Waals surface area contributed by atoms with E-state index in [0.717, 1.165) is 17.7 Å². The molecule has 1 aliphatic heterocycles. The number of nitrogens with one attached hydrogen (secondary N) is 1. The molecule has 0 spiro atoms. The Morgan fingerprint density at radius 2 is 1.82 bits per heavy atom. The van der Waals surface area contributed by atoms with Gasteiger partial charge in [0.25, 0.3) is 5.69 Å². The van der Waals surface area contributed by atoms with Crippen LogP contribution in [0.15, 0.2) is 95.9 Å². The van der Waals surface area contributed by atoms with Crippen molar-refractivity contribution in [3.63, 3.8) is 0 Å². The van der Waals surface area contributed by atoms with Gasteiger partial charge >= 0.3 is 11.9 Å². The number of imidazole rings is 1. The van der Waals surface area contributed by atoms with Crippen molar-refractivity contribution in [2.24, 2.45) is 0 Å². The van der Waals surface area contributed by atoms with Crippen LogP contribution >= 0.6 is 0 Å². The van der Waals surface area contributed by atoms with Crippen LogP contribution in [0.4, 0.5) is 5.69 Å². The number of non-ortho nitro benzene ring substituents is 1. The van der Waals surface area contributed by atoms with Gasteiger partial charge in [0.2, 0.25) is 0 Å². The van der Waals surface area contributed by atoms with Gasteiger partial charge in [-0.2, -0.15) is 0 Å². The van der Waals surface area contributed by atoms with Crippen LogP contribution in [0.2, 0.25) is 0 Å². The average molecular weight is 543 g/mol. The number of benzene rings is 2. The lowest BCUT2D eigenvalue weighted by Crippen LogP contribution is -2.32. The van der Waals surface area contributed by atoms with E-state index in [2.05, 4.69) is 10.3 Å². The second kappa shape index (κ2) is 12.7. The zero-order valence-electron chi connectivity index (χ0n) is 22.5. The second-order valence-electron chi connectivity index (χ2n) is 9.28. The number of rotatable bonds is 10. The van der Waals surface area contributed by atoms with E-state index in [1.165, 1.54) is 25.3 Å². The van der Waals surface area contributed by atoms with Gasteiger partial charge in [-0.05, 0) is 37.0 Å². The summed E-state index contributed by atoms with van der Waals surface area (Å²) in [6.45, 7) is 4.25. The molecule has 40 heavy (non-hydrogen) atoms. The van der Waals surface area contributed by atoms with E-state index >= 15 is 0 Å². The van der Waals surface area contributed by atoms with Gasteiger partial charge in [-0.1, -0.05) is 48.6 Å².